The second kappa shape index (κ2) is 6.58. The predicted molar refractivity (Wildman–Crippen MR) is 80.7 cm³/mol. The lowest BCUT2D eigenvalue weighted by Gasteiger charge is -2.27. The topological polar surface area (TPSA) is 46.3 Å². The van der Waals surface area contributed by atoms with Gasteiger partial charge in [-0.3, -0.25) is 4.79 Å². The van der Waals surface area contributed by atoms with Gasteiger partial charge >= 0.3 is 0 Å². The fourth-order valence-electron chi connectivity index (χ4n) is 2.36. The minimum absolute atomic E-state index is 0.0613. The Morgan fingerprint density at radius 1 is 1.45 bits per heavy atom. The summed E-state index contributed by atoms with van der Waals surface area (Å²) in [7, 11) is 0. The molecule has 3 nitrogen and oxygen atoms in total. The normalized spacial score (nSPS) is 17.1. The fraction of sp³-hybridized carbons (Fsp3) is 0.471. The Kier molecular flexibility index (Phi) is 4.81. The molecule has 2 N–H and O–H groups in total. The van der Waals surface area contributed by atoms with E-state index in [9.17, 15) is 4.79 Å². The van der Waals surface area contributed by atoms with Crippen molar-refractivity contribution in [1.29, 1.82) is 0 Å². The number of benzene rings is 1. The molecule has 0 heterocycles. The zero-order valence-corrected chi connectivity index (χ0v) is 12.0. The van der Waals surface area contributed by atoms with Gasteiger partial charge in [0.1, 0.15) is 0 Å². The van der Waals surface area contributed by atoms with Gasteiger partial charge in [0.2, 0.25) is 5.91 Å². The maximum atomic E-state index is 12.6. The van der Waals surface area contributed by atoms with Gasteiger partial charge in [0.05, 0.1) is 12.5 Å². The number of carbonyl (C=O) groups excluding carboxylic acids is 1. The molecule has 2 atom stereocenters. The number of nitrogens with two attached hydrogens (primary N) is 1. The summed E-state index contributed by atoms with van der Waals surface area (Å²) in [5.41, 5.74) is 7.21. The molecule has 1 fully saturated rings. The molecule has 0 bridgehead atoms. The van der Waals surface area contributed by atoms with Crippen molar-refractivity contribution in [3.8, 4) is 12.3 Å². The third-order valence-corrected chi connectivity index (χ3v) is 3.88. The number of terminal acetylenes is 1. The number of carbonyl (C=O) groups is 1. The van der Waals surface area contributed by atoms with Crippen LogP contribution in [-0.4, -0.2) is 23.9 Å². The van der Waals surface area contributed by atoms with Crippen LogP contribution in [0.15, 0.2) is 30.3 Å². The predicted octanol–water partition coefficient (Wildman–Crippen LogP) is 2.19. The van der Waals surface area contributed by atoms with Crippen LogP contribution in [0, 0.1) is 24.2 Å². The van der Waals surface area contributed by atoms with Crippen molar-refractivity contribution in [2.75, 3.05) is 13.1 Å². The van der Waals surface area contributed by atoms with Crippen molar-refractivity contribution in [3.63, 3.8) is 0 Å². The van der Waals surface area contributed by atoms with Crippen molar-refractivity contribution < 1.29 is 4.79 Å². The summed E-state index contributed by atoms with van der Waals surface area (Å²) >= 11 is 0. The molecular formula is C17H22N2O. The molecule has 2 rings (SSSR count). The lowest BCUT2D eigenvalue weighted by atomic mass is 9.94. The standard InChI is InChI=1S/C17H22N2O/c1-3-11-19(12-14-9-10-14)17(20)13(2)16(18)15-7-5-4-6-8-15/h1,4-8,13-14,16H,9-12,18H2,2H3. The average molecular weight is 270 g/mol. The summed E-state index contributed by atoms with van der Waals surface area (Å²) in [6.07, 6.45) is 7.78. The molecule has 0 saturated heterocycles. The van der Waals surface area contributed by atoms with Crippen LogP contribution >= 0.6 is 0 Å². The van der Waals surface area contributed by atoms with Gasteiger partial charge in [-0.05, 0) is 24.3 Å². The van der Waals surface area contributed by atoms with E-state index in [0.717, 1.165) is 12.1 Å². The quantitative estimate of drug-likeness (QED) is 0.805. The Hall–Kier alpha value is -1.79. The van der Waals surface area contributed by atoms with Crippen molar-refractivity contribution in [2.24, 2.45) is 17.6 Å². The van der Waals surface area contributed by atoms with Crippen molar-refractivity contribution >= 4 is 5.91 Å². The Bertz CT molecular complexity index is 487. The summed E-state index contributed by atoms with van der Waals surface area (Å²) in [5, 5.41) is 0. The van der Waals surface area contributed by atoms with E-state index in [4.69, 9.17) is 12.2 Å². The maximum Gasteiger partial charge on any atom is 0.228 e. The molecule has 1 aliphatic carbocycles. The number of hydrogen-bond acceptors (Lipinski definition) is 2. The van der Waals surface area contributed by atoms with Gasteiger partial charge in [0, 0.05) is 12.6 Å². The van der Waals surface area contributed by atoms with Crippen LogP contribution in [0.25, 0.3) is 0 Å². The first-order chi connectivity index (χ1) is 9.63. The van der Waals surface area contributed by atoms with Crippen LogP contribution in [-0.2, 0) is 4.79 Å². The Morgan fingerprint density at radius 3 is 2.65 bits per heavy atom. The molecule has 1 saturated carbocycles. The largest absolute Gasteiger partial charge is 0.331 e. The van der Waals surface area contributed by atoms with E-state index >= 15 is 0 Å². The van der Waals surface area contributed by atoms with E-state index in [0.29, 0.717) is 12.5 Å². The molecule has 0 aromatic heterocycles. The smallest absolute Gasteiger partial charge is 0.228 e. The van der Waals surface area contributed by atoms with Crippen LogP contribution in [0.4, 0.5) is 0 Å². The first kappa shape index (κ1) is 14.6. The SMILES string of the molecule is C#CCN(CC1CC1)C(=O)C(C)C(N)c1ccccc1. The van der Waals surface area contributed by atoms with Crippen LogP contribution in [0.2, 0.25) is 0 Å². The molecular weight excluding hydrogens is 248 g/mol. The highest BCUT2D eigenvalue weighted by Crippen LogP contribution is 2.30. The molecule has 106 valence electrons. The number of nitrogens with zero attached hydrogens (tertiary/aromatic N) is 1. The van der Waals surface area contributed by atoms with Crippen LogP contribution in [0.5, 0.6) is 0 Å². The van der Waals surface area contributed by atoms with E-state index in [1.807, 2.05) is 37.3 Å². The van der Waals surface area contributed by atoms with Crippen LogP contribution in [0.1, 0.15) is 31.4 Å². The first-order valence-electron chi connectivity index (χ1n) is 7.16. The number of rotatable bonds is 6. The van der Waals surface area contributed by atoms with Gasteiger partial charge in [0.25, 0.3) is 0 Å². The highest BCUT2D eigenvalue weighted by molar-refractivity contribution is 5.79. The van der Waals surface area contributed by atoms with E-state index in [1.54, 1.807) is 4.90 Å². The average Bonchev–Trinajstić information content (AvgIpc) is 3.29. The van der Waals surface area contributed by atoms with Crippen LogP contribution < -0.4 is 5.73 Å². The van der Waals surface area contributed by atoms with Gasteiger partial charge in [0.15, 0.2) is 0 Å². The fourth-order valence-corrected chi connectivity index (χ4v) is 2.36. The third-order valence-electron chi connectivity index (χ3n) is 3.88. The van der Waals surface area contributed by atoms with Crippen molar-refractivity contribution in [1.82, 2.24) is 4.90 Å². The summed E-state index contributed by atoms with van der Waals surface area (Å²) in [6.45, 7) is 3.03. The van der Waals surface area contributed by atoms with E-state index in [2.05, 4.69) is 5.92 Å². The molecule has 20 heavy (non-hydrogen) atoms. The molecule has 0 spiro atoms. The third kappa shape index (κ3) is 3.61. The molecule has 0 radical (unpaired) electrons. The number of amides is 1. The second-order valence-corrected chi connectivity index (χ2v) is 5.59. The molecule has 3 heteroatoms. The summed E-state index contributed by atoms with van der Waals surface area (Å²) in [5.74, 6) is 3.01. The minimum Gasteiger partial charge on any atom is -0.331 e. The molecule has 1 aromatic rings. The molecule has 2 unspecified atom stereocenters. The summed E-state index contributed by atoms with van der Waals surface area (Å²) < 4.78 is 0. The van der Waals surface area contributed by atoms with E-state index in [-0.39, 0.29) is 17.9 Å². The molecule has 1 aromatic carbocycles. The summed E-state index contributed by atoms with van der Waals surface area (Å²) in [4.78, 5) is 14.3. The lowest BCUT2D eigenvalue weighted by molar-refractivity contribution is -0.135. The zero-order valence-electron chi connectivity index (χ0n) is 12.0. The molecule has 1 aliphatic rings. The summed E-state index contributed by atoms with van der Waals surface area (Å²) in [6, 6.07) is 9.46. The van der Waals surface area contributed by atoms with Gasteiger partial charge in [-0.2, -0.15) is 0 Å². The lowest BCUT2D eigenvalue weighted by Crippen LogP contribution is -2.40. The Morgan fingerprint density at radius 2 is 2.10 bits per heavy atom. The molecule has 0 aliphatic heterocycles. The molecule has 1 amide bonds. The van der Waals surface area contributed by atoms with Crippen molar-refractivity contribution in [3.05, 3.63) is 35.9 Å². The van der Waals surface area contributed by atoms with Gasteiger partial charge in [-0.1, -0.05) is 43.2 Å². The monoisotopic (exact) mass is 270 g/mol. The van der Waals surface area contributed by atoms with E-state index < -0.39 is 0 Å². The van der Waals surface area contributed by atoms with Gasteiger partial charge < -0.3 is 10.6 Å². The highest BCUT2D eigenvalue weighted by atomic mass is 16.2. The van der Waals surface area contributed by atoms with Gasteiger partial charge in [-0.25, -0.2) is 0 Å². The maximum absolute atomic E-state index is 12.6. The number of hydrogen-bond donors (Lipinski definition) is 1. The second-order valence-electron chi connectivity index (χ2n) is 5.59. The minimum atomic E-state index is -0.289. The van der Waals surface area contributed by atoms with Crippen molar-refractivity contribution in [2.45, 2.75) is 25.8 Å². The first-order valence-corrected chi connectivity index (χ1v) is 7.16. The zero-order chi connectivity index (χ0) is 14.5. The Labute approximate surface area is 121 Å². The Balaban J connectivity index is 2.03. The highest BCUT2D eigenvalue weighted by Gasteiger charge is 2.30. The van der Waals surface area contributed by atoms with E-state index in [1.165, 1.54) is 12.8 Å². The van der Waals surface area contributed by atoms with Crippen LogP contribution in [0.3, 0.4) is 0 Å². The van der Waals surface area contributed by atoms with Gasteiger partial charge in [-0.15, -0.1) is 6.42 Å².